The summed E-state index contributed by atoms with van der Waals surface area (Å²) in [6.07, 6.45) is 1.48. The van der Waals surface area contributed by atoms with Crippen LogP contribution in [0.25, 0.3) is 0 Å². The maximum absolute atomic E-state index is 12.9. The smallest absolute Gasteiger partial charge is 0.337 e. The zero-order valence-electron chi connectivity index (χ0n) is 16.6. The van der Waals surface area contributed by atoms with E-state index in [1.165, 1.54) is 6.08 Å². The molecule has 1 aliphatic rings. The van der Waals surface area contributed by atoms with Gasteiger partial charge in [-0.25, -0.2) is 9.59 Å². The average molecular weight is 380 g/mol. The van der Waals surface area contributed by atoms with Crippen LogP contribution in [0.5, 0.6) is 0 Å². The van der Waals surface area contributed by atoms with E-state index >= 15 is 0 Å². The van der Waals surface area contributed by atoms with E-state index in [1.54, 1.807) is 57.0 Å². The van der Waals surface area contributed by atoms with E-state index in [-0.39, 0.29) is 13.2 Å². The van der Waals surface area contributed by atoms with E-state index in [1.807, 2.05) is 0 Å². The number of rotatable bonds is 6. The first kappa shape index (κ1) is 21.0. The minimum atomic E-state index is -0.761. The van der Waals surface area contributed by atoms with Gasteiger partial charge >= 0.3 is 11.9 Å². The van der Waals surface area contributed by atoms with Crippen molar-refractivity contribution in [2.75, 3.05) is 20.3 Å². The molecular formula is C22H24N2O4. The van der Waals surface area contributed by atoms with Crippen LogP contribution in [0.1, 0.15) is 37.8 Å². The molecule has 0 radical (unpaired) electrons. The van der Waals surface area contributed by atoms with Crippen LogP contribution < -0.4 is 0 Å². The van der Waals surface area contributed by atoms with Crippen LogP contribution >= 0.6 is 0 Å². The van der Waals surface area contributed by atoms with E-state index in [2.05, 4.69) is 12.6 Å². The van der Waals surface area contributed by atoms with Crippen molar-refractivity contribution in [2.24, 2.45) is 0 Å². The Hall–Kier alpha value is -3.33. The Morgan fingerprint density at radius 2 is 1.75 bits per heavy atom. The first-order valence-corrected chi connectivity index (χ1v) is 8.98. The maximum atomic E-state index is 12.9. The highest BCUT2D eigenvalue weighted by atomic mass is 16.5. The molecule has 6 nitrogen and oxygen atoms in total. The lowest BCUT2D eigenvalue weighted by Gasteiger charge is -2.36. The molecule has 0 bridgehead atoms. The van der Waals surface area contributed by atoms with Crippen molar-refractivity contribution in [3.8, 4) is 6.07 Å². The Labute approximate surface area is 165 Å². The molecule has 28 heavy (non-hydrogen) atoms. The number of hydrogen-bond donors (Lipinski definition) is 0. The molecule has 0 aliphatic carbocycles. The molecule has 1 unspecified atom stereocenters. The fourth-order valence-corrected chi connectivity index (χ4v) is 3.29. The molecule has 1 aromatic rings. The molecule has 0 saturated heterocycles. The number of nitrogens with zero attached hydrogens (tertiary/aromatic N) is 2. The Morgan fingerprint density at radius 1 is 1.18 bits per heavy atom. The lowest BCUT2D eigenvalue weighted by atomic mass is 9.78. The van der Waals surface area contributed by atoms with Crippen LogP contribution in [0, 0.1) is 11.3 Å². The number of ether oxygens (including phenoxy) is 2. The molecule has 0 aromatic heterocycles. The summed E-state index contributed by atoms with van der Waals surface area (Å²) in [5.41, 5.74) is 2.88. The molecule has 2 rings (SSSR count). The summed E-state index contributed by atoms with van der Waals surface area (Å²) >= 11 is 0. The van der Waals surface area contributed by atoms with Gasteiger partial charge in [0.15, 0.2) is 0 Å². The summed E-state index contributed by atoms with van der Waals surface area (Å²) in [5.74, 6) is -1.84. The maximum Gasteiger partial charge on any atom is 0.337 e. The van der Waals surface area contributed by atoms with Gasteiger partial charge in [0.25, 0.3) is 0 Å². The van der Waals surface area contributed by atoms with Gasteiger partial charge in [0, 0.05) is 18.4 Å². The normalized spacial score (nSPS) is 16.5. The predicted molar refractivity (Wildman–Crippen MR) is 105 cm³/mol. The fourth-order valence-electron chi connectivity index (χ4n) is 3.29. The van der Waals surface area contributed by atoms with E-state index in [0.29, 0.717) is 33.7 Å². The molecular weight excluding hydrogens is 356 g/mol. The fraction of sp³-hybridized carbons (Fsp3) is 0.318. The van der Waals surface area contributed by atoms with E-state index in [4.69, 9.17) is 9.47 Å². The Bertz CT molecular complexity index is 905. The Balaban J connectivity index is 2.77. The lowest BCUT2D eigenvalue weighted by Crippen LogP contribution is -2.34. The number of hydrogen-bond acceptors (Lipinski definition) is 6. The summed E-state index contributed by atoms with van der Waals surface area (Å²) in [4.78, 5) is 27.5. The standard InChI is InChI=1S/C22H24N2O4/c1-6-12-28-22(26)19-15(4)24(5)14(3)18(21(25)27-7-2)20(19)17-11-9-8-10-16(17)13-23/h6,8-11,20H,1,7,12H2,2-5H3. The summed E-state index contributed by atoms with van der Waals surface area (Å²) in [6, 6.07) is 9.07. The monoisotopic (exact) mass is 380 g/mol. The molecule has 6 heteroatoms. The van der Waals surface area contributed by atoms with Gasteiger partial charge in [0.05, 0.1) is 35.3 Å². The third-order valence-corrected chi connectivity index (χ3v) is 4.80. The van der Waals surface area contributed by atoms with Gasteiger partial charge < -0.3 is 14.4 Å². The molecule has 1 heterocycles. The number of allylic oxidation sites excluding steroid dienone is 2. The van der Waals surface area contributed by atoms with Crippen molar-refractivity contribution in [2.45, 2.75) is 26.7 Å². The third kappa shape index (κ3) is 3.84. The molecule has 0 fully saturated rings. The second-order valence-corrected chi connectivity index (χ2v) is 6.30. The van der Waals surface area contributed by atoms with E-state index in [0.717, 1.165) is 0 Å². The van der Waals surface area contributed by atoms with Crippen molar-refractivity contribution in [3.05, 3.63) is 70.6 Å². The summed E-state index contributed by atoms with van der Waals surface area (Å²) in [6.45, 7) is 9.12. The first-order chi connectivity index (χ1) is 13.4. The van der Waals surface area contributed by atoms with Crippen molar-refractivity contribution in [1.82, 2.24) is 4.90 Å². The van der Waals surface area contributed by atoms with Crippen LogP contribution in [0.2, 0.25) is 0 Å². The third-order valence-electron chi connectivity index (χ3n) is 4.80. The van der Waals surface area contributed by atoms with Gasteiger partial charge in [-0.1, -0.05) is 30.9 Å². The number of carbonyl (C=O) groups excluding carboxylic acids is 2. The zero-order valence-corrected chi connectivity index (χ0v) is 16.6. The molecule has 0 saturated carbocycles. The number of nitriles is 1. The van der Waals surface area contributed by atoms with Crippen LogP contribution in [-0.2, 0) is 19.1 Å². The minimum Gasteiger partial charge on any atom is -0.463 e. The number of benzene rings is 1. The largest absolute Gasteiger partial charge is 0.463 e. The van der Waals surface area contributed by atoms with Crippen LogP contribution in [0.15, 0.2) is 59.5 Å². The molecule has 0 amide bonds. The highest BCUT2D eigenvalue weighted by molar-refractivity contribution is 6.00. The predicted octanol–water partition coefficient (Wildman–Crippen LogP) is 3.43. The quantitative estimate of drug-likeness (QED) is 0.556. The SMILES string of the molecule is C=CCOC(=O)C1=C(C)N(C)C(C)=C(C(=O)OCC)C1c1ccccc1C#N. The lowest BCUT2D eigenvalue weighted by molar-refractivity contribution is -0.139. The Kier molecular flexibility index (Phi) is 6.78. The van der Waals surface area contributed by atoms with Crippen LogP contribution in [-0.4, -0.2) is 37.1 Å². The molecule has 1 aliphatic heterocycles. The minimum absolute atomic E-state index is 0.0450. The van der Waals surface area contributed by atoms with Crippen molar-refractivity contribution < 1.29 is 19.1 Å². The first-order valence-electron chi connectivity index (χ1n) is 8.98. The molecule has 1 aromatic carbocycles. The number of carbonyl (C=O) groups is 2. The van der Waals surface area contributed by atoms with Crippen LogP contribution in [0.3, 0.4) is 0 Å². The highest BCUT2D eigenvalue weighted by Crippen LogP contribution is 2.43. The van der Waals surface area contributed by atoms with Gasteiger partial charge in [0.1, 0.15) is 6.61 Å². The van der Waals surface area contributed by atoms with Gasteiger partial charge in [0.2, 0.25) is 0 Å². The summed E-state index contributed by atoms with van der Waals surface area (Å²) < 4.78 is 10.6. The van der Waals surface area contributed by atoms with Crippen LogP contribution in [0.4, 0.5) is 0 Å². The highest BCUT2D eigenvalue weighted by Gasteiger charge is 2.40. The Morgan fingerprint density at radius 3 is 2.29 bits per heavy atom. The topological polar surface area (TPSA) is 79.6 Å². The van der Waals surface area contributed by atoms with E-state index in [9.17, 15) is 14.9 Å². The molecule has 1 atom stereocenters. The second-order valence-electron chi connectivity index (χ2n) is 6.30. The van der Waals surface area contributed by atoms with Gasteiger partial charge in [-0.05, 0) is 32.4 Å². The van der Waals surface area contributed by atoms with Crippen molar-refractivity contribution >= 4 is 11.9 Å². The molecule has 146 valence electrons. The summed E-state index contributed by atoms with van der Waals surface area (Å²) in [7, 11) is 1.77. The zero-order chi connectivity index (χ0) is 20.8. The van der Waals surface area contributed by atoms with E-state index < -0.39 is 17.9 Å². The van der Waals surface area contributed by atoms with Gasteiger partial charge in [-0.15, -0.1) is 0 Å². The molecule has 0 N–H and O–H groups in total. The van der Waals surface area contributed by atoms with Gasteiger partial charge in [-0.3, -0.25) is 0 Å². The molecule has 0 spiro atoms. The summed E-state index contributed by atoms with van der Waals surface area (Å²) in [5, 5.41) is 9.59. The average Bonchev–Trinajstić information content (AvgIpc) is 2.70. The number of esters is 2. The van der Waals surface area contributed by atoms with Gasteiger partial charge in [-0.2, -0.15) is 5.26 Å². The van der Waals surface area contributed by atoms with Crippen molar-refractivity contribution in [1.29, 1.82) is 5.26 Å². The van der Waals surface area contributed by atoms with Crippen molar-refractivity contribution in [3.63, 3.8) is 0 Å². The second kappa shape index (κ2) is 9.05.